The quantitative estimate of drug-likeness (QED) is 0.745. The fourth-order valence-electron chi connectivity index (χ4n) is 1.97. The minimum atomic E-state index is -4.37. The van der Waals surface area contributed by atoms with Gasteiger partial charge in [0.05, 0.1) is 16.9 Å². The lowest BCUT2D eigenvalue weighted by molar-refractivity contribution is -0.138. The highest BCUT2D eigenvalue weighted by Crippen LogP contribution is 2.34. The number of aryl methyl sites for hydroxylation is 2. The lowest BCUT2D eigenvalue weighted by atomic mass is 10.1. The monoisotopic (exact) mass is 332 g/mol. The lowest BCUT2D eigenvalue weighted by Gasteiger charge is -2.13. The molecule has 0 amide bonds. The molecule has 0 unspecified atom stereocenters. The van der Waals surface area contributed by atoms with Crippen LogP contribution in [-0.2, 0) is 11.5 Å². The van der Waals surface area contributed by atoms with Gasteiger partial charge in [-0.05, 0) is 37.6 Å². The van der Waals surface area contributed by atoms with E-state index in [1.54, 1.807) is 13.0 Å². The summed E-state index contributed by atoms with van der Waals surface area (Å²) in [5.74, 6) is 0. The van der Waals surface area contributed by atoms with Gasteiger partial charge in [-0.3, -0.25) is 0 Å². The summed E-state index contributed by atoms with van der Waals surface area (Å²) in [5.41, 5.74) is 1.59. The van der Waals surface area contributed by atoms with Gasteiger partial charge >= 0.3 is 6.18 Å². The zero-order valence-electron chi connectivity index (χ0n) is 10.4. The first-order valence-corrected chi connectivity index (χ1v) is 6.75. The first-order chi connectivity index (χ1) is 8.82. The molecular weight excluding hydrogens is 321 g/mol. The Labute approximate surface area is 117 Å². The van der Waals surface area contributed by atoms with Gasteiger partial charge in [0.1, 0.15) is 0 Å². The molecular formula is C13H12BrF3N2. The highest BCUT2D eigenvalue weighted by atomic mass is 79.9. The topological polar surface area (TPSA) is 17.8 Å². The molecule has 0 aliphatic carbocycles. The molecule has 0 bridgehead atoms. The van der Waals surface area contributed by atoms with Gasteiger partial charge in [0.2, 0.25) is 0 Å². The maximum absolute atomic E-state index is 13.0. The van der Waals surface area contributed by atoms with Crippen LogP contribution in [0.3, 0.4) is 0 Å². The Morgan fingerprint density at radius 2 is 1.89 bits per heavy atom. The summed E-state index contributed by atoms with van der Waals surface area (Å²) in [5, 5.41) is 4.36. The zero-order chi connectivity index (χ0) is 14.2. The number of hydrogen-bond donors (Lipinski definition) is 0. The van der Waals surface area contributed by atoms with Crippen LogP contribution in [0.15, 0.2) is 24.3 Å². The largest absolute Gasteiger partial charge is 0.416 e. The molecule has 0 fully saturated rings. The smallest absolute Gasteiger partial charge is 0.238 e. The van der Waals surface area contributed by atoms with Crippen molar-refractivity contribution in [3.8, 4) is 5.69 Å². The van der Waals surface area contributed by atoms with Gasteiger partial charge in [-0.15, -0.1) is 0 Å². The number of hydrogen-bond acceptors (Lipinski definition) is 1. The summed E-state index contributed by atoms with van der Waals surface area (Å²) >= 11 is 3.08. The van der Waals surface area contributed by atoms with E-state index in [4.69, 9.17) is 0 Å². The van der Waals surface area contributed by atoms with Crippen molar-refractivity contribution in [3.63, 3.8) is 0 Å². The predicted octanol–water partition coefficient (Wildman–Crippen LogP) is 4.40. The molecule has 0 atom stereocenters. The van der Waals surface area contributed by atoms with Gasteiger partial charge in [0.15, 0.2) is 0 Å². The number of nitrogens with zero attached hydrogens (tertiary/aromatic N) is 2. The Hall–Kier alpha value is -1.30. The van der Waals surface area contributed by atoms with E-state index in [-0.39, 0.29) is 10.9 Å². The van der Waals surface area contributed by atoms with Crippen LogP contribution in [0.1, 0.15) is 22.5 Å². The number of halogens is 4. The van der Waals surface area contributed by atoms with E-state index < -0.39 is 11.7 Å². The average molecular weight is 333 g/mol. The van der Waals surface area contributed by atoms with E-state index in [1.807, 2.05) is 13.0 Å². The summed E-state index contributed by atoms with van der Waals surface area (Å²) in [6.07, 6.45) is -4.37. The molecule has 1 aromatic carbocycles. The highest BCUT2D eigenvalue weighted by Gasteiger charge is 2.33. The van der Waals surface area contributed by atoms with Crippen molar-refractivity contribution in [2.75, 3.05) is 0 Å². The summed E-state index contributed by atoms with van der Waals surface area (Å²) in [4.78, 5) is 0. The van der Waals surface area contributed by atoms with Crippen LogP contribution < -0.4 is 0 Å². The van der Waals surface area contributed by atoms with Crippen LogP contribution >= 0.6 is 15.9 Å². The number of alkyl halides is 4. The second-order valence-electron chi connectivity index (χ2n) is 4.31. The summed E-state index contributed by atoms with van der Waals surface area (Å²) in [6, 6.07) is 6.08. The molecule has 0 saturated heterocycles. The minimum absolute atomic E-state index is 0.166. The van der Waals surface area contributed by atoms with E-state index in [9.17, 15) is 13.2 Å². The normalized spacial score (nSPS) is 11.9. The van der Waals surface area contributed by atoms with Crippen molar-refractivity contribution in [2.45, 2.75) is 25.4 Å². The third-order valence-corrected chi connectivity index (χ3v) is 3.40. The predicted molar refractivity (Wildman–Crippen MR) is 70.7 cm³/mol. The fraction of sp³-hybridized carbons (Fsp3) is 0.308. The van der Waals surface area contributed by atoms with Crippen molar-refractivity contribution in [2.24, 2.45) is 0 Å². The number of benzene rings is 1. The molecule has 2 nitrogen and oxygen atoms in total. The van der Waals surface area contributed by atoms with E-state index >= 15 is 0 Å². The molecule has 1 heterocycles. The van der Waals surface area contributed by atoms with Crippen molar-refractivity contribution < 1.29 is 13.2 Å². The minimum Gasteiger partial charge on any atom is -0.238 e. The molecule has 19 heavy (non-hydrogen) atoms. The number of rotatable bonds is 2. The van der Waals surface area contributed by atoms with Gasteiger partial charge in [0.25, 0.3) is 0 Å². The Kier molecular flexibility index (Phi) is 3.71. The molecule has 1 aromatic heterocycles. The molecule has 102 valence electrons. The molecule has 2 aromatic rings. The Morgan fingerprint density at radius 3 is 2.37 bits per heavy atom. The van der Waals surface area contributed by atoms with Crippen molar-refractivity contribution in [1.29, 1.82) is 0 Å². The molecule has 0 aliphatic rings. The highest BCUT2D eigenvalue weighted by molar-refractivity contribution is 9.08. The van der Waals surface area contributed by atoms with E-state index in [1.165, 1.54) is 10.7 Å². The first-order valence-electron chi connectivity index (χ1n) is 5.62. The Morgan fingerprint density at radius 1 is 1.21 bits per heavy atom. The molecule has 6 heteroatoms. The summed E-state index contributed by atoms with van der Waals surface area (Å²) < 4.78 is 40.5. The standard InChI is InChI=1S/C13H12BrF3N2/c1-8-5-9(2)19(18-8)11-4-3-10(7-14)12(6-11)13(15,16)17/h3-6H,7H2,1-2H3. The average Bonchev–Trinajstić information content (AvgIpc) is 2.66. The van der Waals surface area contributed by atoms with Crippen molar-refractivity contribution >= 4 is 15.9 Å². The molecule has 0 spiro atoms. The zero-order valence-corrected chi connectivity index (χ0v) is 12.0. The summed E-state index contributed by atoms with van der Waals surface area (Å²) in [6.45, 7) is 3.62. The summed E-state index contributed by atoms with van der Waals surface area (Å²) in [7, 11) is 0. The van der Waals surface area contributed by atoms with Crippen LogP contribution in [-0.4, -0.2) is 9.78 Å². The Bertz CT molecular complexity index is 602. The molecule has 0 radical (unpaired) electrons. The van der Waals surface area contributed by atoms with Crippen LogP contribution in [0, 0.1) is 13.8 Å². The second-order valence-corrected chi connectivity index (χ2v) is 4.87. The van der Waals surface area contributed by atoms with Crippen LogP contribution in [0.2, 0.25) is 0 Å². The first kappa shape index (κ1) is 14.1. The molecule has 0 N–H and O–H groups in total. The molecule has 0 saturated carbocycles. The third kappa shape index (κ3) is 2.83. The third-order valence-electron chi connectivity index (χ3n) is 2.80. The van der Waals surface area contributed by atoms with Gasteiger partial charge < -0.3 is 0 Å². The fourth-order valence-corrected chi connectivity index (χ4v) is 2.46. The van der Waals surface area contributed by atoms with Gasteiger partial charge in [0, 0.05) is 11.0 Å². The second kappa shape index (κ2) is 5.00. The van der Waals surface area contributed by atoms with Gasteiger partial charge in [-0.25, -0.2) is 4.68 Å². The molecule has 0 aliphatic heterocycles. The Balaban J connectivity index is 2.58. The van der Waals surface area contributed by atoms with Crippen molar-refractivity contribution in [3.05, 3.63) is 46.8 Å². The number of aromatic nitrogens is 2. The van der Waals surface area contributed by atoms with Gasteiger partial charge in [-0.1, -0.05) is 22.0 Å². The van der Waals surface area contributed by atoms with Gasteiger partial charge in [-0.2, -0.15) is 18.3 Å². The van der Waals surface area contributed by atoms with E-state index in [0.29, 0.717) is 5.69 Å². The van der Waals surface area contributed by atoms with Crippen molar-refractivity contribution in [1.82, 2.24) is 9.78 Å². The van der Waals surface area contributed by atoms with Crippen LogP contribution in [0.4, 0.5) is 13.2 Å². The lowest BCUT2D eigenvalue weighted by Crippen LogP contribution is -2.10. The maximum atomic E-state index is 13.0. The van der Waals surface area contributed by atoms with E-state index in [0.717, 1.165) is 17.5 Å². The molecule has 2 rings (SSSR count). The SMILES string of the molecule is Cc1cc(C)n(-c2ccc(CBr)c(C(F)(F)F)c2)n1. The van der Waals surface area contributed by atoms with Crippen LogP contribution in [0.25, 0.3) is 5.69 Å². The van der Waals surface area contributed by atoms with Crippen LogP contribution in [0.5, 0.6) is 0 Å². The maximum Gasteiger partial charge on any atom is 0.416 e. The van der Waals surface area contributed by atoms with E-state index in [2.05, 4.69) is 21.0 Å².